The smallest absolute Gasteiger partial charge is 0.229 e. The molecule has 6 heteroatoms. The van der Waals surface area contributed by atoms with Crippen molar-refractivity contribution < 1.29 is 13.5 Å². The maximum atomic E-state index is 12.0. The highest BCUT2D eigenvalue weighted by molar-refractivity contribution is 9.12. The summed E-state index contributed by atoms with van der Waals surface area (Å²) >= 11 is 9.01. The number of hydrogen-bond donors (Lipinski definition) is 1. The molecule has 1 N–H and O–H groups in total. The summed E-state index contributed by atoms with van der Waals surface area (Å²) in [5.41, 5.74) is 2.45. The Kier molecular flexibility index (Phi) is 5.33. The van der Waals surface area contributed by atoms with E-state index in [2.05, 4.69) is 15.9 Å². The van der Waals surface area contributed by atoms with Crippen molar-refractivity contribution in [2.75, 3.05) is 5.75 Å². The summed E-state index contributed by atoms with van der Waals surface area (Å²) in [6, 6.07) is 16.8. The van der Waals surface area contributed by atoms with Crippen LogP contribution in [0, 0.1) is 0 Å². The lowest BCUT2D eigenvalue weighted by Crippen LogP contribution is -2.34. The number of benzene rings is 2. The van der Waals surface area contributed by atoms with Crippen molar-refractivity contribution in [3.8, 4) is 11.1 Å². The molecular weight excluding hydrogens is 388 g/mol. The van der Waals surface area contributed by atoms with E-state index in [1.54, 1.807) is 12.1 Å². The summed E-state index contributed by atoms with van der Waals surface area (Å²) < 4.78 is 22.0. The fourth-order valence-electron chi connectivity index (χ4n) is 2.05. The summed E-state index contributed by atoms with van der Waals surface area (Å²) in [6.07, 6.45) is -1.37. The van der Waals surface area contributed by atoms with Crippen LogP contribution in [0.15, 0.2) is 54.6 Å². The molecule has 2 aromatic carbocycles. The fourth-order valence-corrected chi connectivity index (χ4v) is 4.31. The number of aliphatic hydroxyl groups excluding tert-OH is 1. The SMILES string of the molecule is CCS(=O)(=O)C(Cl)(Br)C(O)c1ccc(-c2ccccc2)cc1. The maximum Gasteiger partial charge on any atom is 0.229 e. The molecule has 22 heavy (non-hydrogen) atoms. The maximum absolute atomic E-state index is 12.0. The van der Waals surface area contributed by atoms with E-state index in [-0.39, 0.29) is 5.75 Å². The monoisotopic (exact) mass is 402 g/mol. The molecule has 0 heterocycles. The Morgan fingerprint density at radius 1 is 1.09 bits per heavy atom. The molecule has 0 aromatic heterocycles. The standard InChI is InChI=1S/C16H16BrClO3S/c1-2-22(20,21)16(17,18)15(19)14-10-8-13(9-11-14)12-6-4-3-5-7-12/h3-11,15,19H,2H2,1H3. The molecule has 0 aliphatic heterocycles. The van der Waals surface area contributed by atoms with Gasteiger partial charge < -0.3 is 5.11 Å². The van der Waals surface area contributed by atoms with Crippen LogP contribution >= 0.6 is 27.5 Å². The van der Waals surface area contributed by atoms with Gasteiger partial charge in [-0.3, -0.25) is 0 Å². The van der Waals surface area contributed by atoms with Crippen LogP contribution in [0.1, 0.15) is 18.6 Å². The zero-order chi connectivity index (χ0) is 16.4. The minimum Gasteiger partial charge on any atom is -0.385 e. The van der Waals surface area contributed by atoms with Crippen LogP contribution in [0.4, 0.5) is 0 Å². The van der Waals surface area contributed by atoms with Gasteiger partial charge in [0.2, 0.25) is 3.12 Å². The van der Waals surface area contributed by atoms with Crippen molar-refractivity contribution in [3.63, 3.8) is 0 Å². The van der Waals surface area contributed by atoms with Crippen molar-refractivity contribution in [2.24, 2.45) is 0 Å². The lowest BCUT2D eigenvalue weighted by molar-refractivity contribution is 0.185. The summed E-state index contributed by atoms with van der Waals surface area (Å²) in [4.78, 5) is 0. The van der Waals surface area contributed by atoms with Gasteiger partial charge in [0.15, 0.2) is 9.84 Å². The first kappa shape index (κ1) is 17.5. The Bertz CT molecular complexity index is 728. The van der Waals surface area contributed by atoms with Crippen molar-refractivity contribution >= 4 is 37.4 Å². The van der Waals surface area contributed by atoms with Crippen molar-refractivity contribution in [3.05, 3.63) is 60.2 Å². The highest BCUT2D eigenvalue weighted by Gasteiger charge is 2.45. The van der Waals surface area contributed by atoms with E-state index in [1.807, 2.05) is 42.5 Å². The number of alkyl halides is 2. The Balaban J connectivity index is 2.31. The predicted octanol–water partition coefficient (Wildman–Crippen LogP) is 4.11. The zero-order valence-electron chi connectivity index (χ0n) is 11.9. The van der Waals surface area contributed by atoms with Crippen LogP contribution in [0.5, 0.6) is 0 Å². The molecular formula is C16H16BrClO3S. The molecule has 0 fully saturated rings. The van der Waals surface area contributed by atoms with Crippen molar-refractivity contribution in [1.29, 1.82) is 0 Å². The second-order valence-electron chi connectivity index (χ2n) is 4.86. The van der Waals surface area contributed by atoms with Gasteiger partial charge >= 0.3 is 0 Å². The summed E-state index contributed by atoms with van der Waals surface area (Å²) in [5, 5.41) is 10.3. The van der Waals surface area contributed by atoms with E-state index in [0.29, 0.717) is 5.56 Å². The van der Waals surface area contributed by atoms with Crippen LogP contribution in [0.25, 0.3) is 11.1 Å². The molecule has 0 aliphatic carbocycles. The molecule has 0 aliphatic rings. The van der Waals surface area contributed by atoms with E-state index in [1.165, 1.54) is 6.92 Å². The van der Waals surface area contributed by atoms with Crippen molar-refractivity contribution in [1.82, 2.24) is 0 Å². The number of halogens is 2. The van der Waals surface area contributed by atoms with Gasteiger partial charge in [-0.25, -0.2) is 8.42 Å². The molecule has 3 nitrogen and oxygen atoms in total. The second-order valence-corrected chi connectivity index (χ2v) is 10.4. The molecule has 2 rings (SSSR count). The van der Waals surface area contributed by atoms with E-state index < -0.39 is 19.1 Å². The van der Waals surface area contributed by atoms with E-state index in [9.17, 15) is 13.5 Å². The number of aliphatic hydroxyl groups is 1. The van der Waals surface area contributed by atoms with Gasteiger partial charge in [0.1, 0.15) is 6.10 Å². The lowest BCUT2D eigenvalue weighted by Gasteiger charge is -2.26. The van der Waals surface area contributed by atoms with Gasteiger partial charge in [0.25, 0.3) is 0 Å². The summed E-state index contributed by atoms with van der Waals surface area (Å²) in [5.74, 6) is -0.166. The quantitative estimate of drug-likeness (QED) is 0.764. The summed E-state index contributed by atoms with van der Waals surface area (Å²) in [7, 11) is -3.68. The van der Waals surface area contributed by atoms with Gasteiger partial charge in [0, 0.05) is 0 Å². The van der Waals surface area contributed by atoms with Crippen LogP contribution in [-0.4, -0.2) is 22.4 Å². The Hall–Kier alpha value is -0.880. The average Bonchev–Trinajstić information content (AvgIpc) is 2.55. The topological polar surface area (TPSA) is 54.4 Å². The normalized spacial score (nSPS) is 16.0. The van der Waals surface area contributed by atoms with Gasteiger partial charge in [-0.1, -0.05) is 73.1 Å². The largest absolute Gasteiger partial charge is 0.385 e. The molecule has 0 bridgehead atoms. The summed E-state index contributed by atoms with van der Waals surface area (Å²) in [6.45, 7) is 1.49. The molecule has 0 radical (unpaired) electrons. The molecule has 0 saturated carbocycles. The second kappa shape index (κ2) is 6.71. The van der Waals surface area contributed by atoms with Gasteiger partial charge in [-0.2, -0.15) is 0 Å². The van der Waals surface area contributed by atoms with Gasteiger partial charge in [0.05, 0.1) is 5.75 Å². The number of hydrogen-bond acceptors (Lipinski definition) is 3. The molecule has 2 atom stereocenters. The number of sulfone groups is 1. The van der Waals surface area contributed by atoms with E-state index in [0.717, 1.165) is 11.1 Å². The highest BCUT2D eigenvalue weighted by atomic mass is 79.9. The predicted molar refractivity (Wildman–Crippen MR) is 93.8 cm³/mol. The molecule has 2 unspecified atom stereocenters. The minimum atomic E-state index is -3.68. The molecule has 2 aromatic rings. The first-order chi connectivity index (χ1) is 10.3. The third-order valence-electron chi connectivity index (χ3n) is 3.45. The molecule has 118 valence electrons. The fraction of sp³-hybridized carbons (Fsp3) is 0.250. The first-order valence-electron chi connectivity index (χ1n) is 6.73. The zero-order valence-corrected chi connectivity index (χ0v) is 15.1. The third kappa shape index (κ3) is 3.38. The first-order valence-corrected chi connectivity index (χ1v) is 9.55. The molecule has 0 saturated heterocycles. The Labute approximate surface area is 144 Å². The van der Waals surface area contributed by atoms with Crippen molar-refractivity contribution in [2.45, 2.75) is 16.1 Å². The highest BCUT2D eigenvalue weighted by Crippen LogP contribution is 2.43. The van der Waals surface area contributed by atoms with Crippen LogP contribution in [-0.2, 0) is 9.84 Å². The van der Waals surface area contributed by atoms with E-state index >= 15 is 0 Å². The Morgan fingerprint density at radius 3 is 2.09 bits per heavy atom. The minimum absolute atomic E-state index is 0.166. The Morgan fingerprint density at radius 2 is 1.59 bits per heavy atom. The number of rotatable bonds is 5. The lowest BCUT2D eigenvalue weighted by atomic mass is 10.0. The van der Waals surface area contributed by atoms with E-state index in [4.69, 9.17) is 11.6 Å². The molecule has 0 spiro atoms. The van der Waals surface area contributed by atoms with Crippen LogP contribution < -0.4 is 0 Å². The van der Waals surface area contributed by atoms with Crippen LogP contribution in [0.2, 0.25) is 0 Å². The average molecular weight is 404 g/mol. The third-order valence-corrected chi connectivity index (χ3v) is 8.08. The van der Waals surface area contributed by atoms with Gasteiger partial charge in [-0.05, 0) is 32.6 Å². The van der Waals surface area contributed by atoms with Crippen LogP contribution in [0.3, 0.4) is 0 Å². The molecule has 0 amide bonds. The van der Waals surface area contributed by atoms with Gasteiger partial charge in [-0.15, -0.1) is 0 Å².